The summed E-state index contributed by atoms with van der Waals surface area (Å²) in [6.45, 7) is 7.51. The number of aryl methyl sites for hydroxylation is 1. The van der Waals surface area contributed by atoms with Gasteiger partial charge in [-0.3, -0.25) is 0 Å². The molecule has 0 atom stereocenters. The SMILES string of the molecule is CCN(CC)S(=O)(=O)N1CCC(c2nc(C)no2)CC1. The van der Waals surface area contributed by atoms with Crippen LogP contribution in [-0.2, 0) is 10.2 Å². The molecule has 7 nitrogen and oxygen atoms in total. The Bertz CT molecular complexity index is 531. The average Bonchev–Trinajstić information content (AvgIpc) is 2.87. The molecule has 0 spiro atoms. The first kappa shape index (κ1) is 15.4. The van der Waals surface area contributed by atoms with Crippen molar-refractivity contribution in [3.05, 3.63) is 11.7 Å². The lowest BCUT2D eigenvalue weighted by atomic mass is 9.98. The molecule has 20 heavy (non-hydrogen) atoms. The smallest absolute Gasteiger partial charge is 0.281 e. The third-order valence-electron chi connectivity index (χ3n) is 3.70. The van der Waals surface area contributed by atoms with Gasteiger partial charge in [-0.15, -0.1) is 0 Å². The summed E-state index contributed by atoms with van der Waals surface area (Å²) >= 11 is 0. The molecule has 1 aromatic heterocycles. The quantitative estimate of drug-likeness (QED) is 0.815. The second kappa shape index (κ2) is 6.19. The van der Waals surface area contributed by atoms with E-state index in [-0.39, 0.29) is 5.92 Å². The summed E-state index contributed by atoms with van der Waals surface area (Å²) in [6.07, 6.45) is 1.45. The molecule has 8 heteroatoms. The maximum atomic E-state index is 12.4. The molecule has 0 radical (unpaired) electrons. The van der Waals surface area contributed by atoms with Crippen molar-refractivity contribution in [1.29, 1.82) is 0 Å². The van der Waals surface area contributed by atoms with Crippen molar-refractivity contribution in [3.8, 4) is 0 Å². The molecule has 2 rings (SSSR count). The number of aromatic nitrogens is 2. The van der Waals surface area contributed by atoms with Gasteiger partial charge in [-0.1, -0.05) is 19.0 Å². The lowest BCUT2D eigenvalue weighted by Gasteiger charge is -2.33. The van der Waals surface area contributed by atoms with Crippen LogP contribution in [0.5, 0.6) is 0 Å². The summed E-state index contributed by atoms with van der Waals surface area (Å²) in [5.74, 6) is 1.42. The molecule has 2 heterocycles. The van der Waals surface area contributed by atoms with Gasteiger partial charge in [-0.25, -0.2) is 0 Å². The molecular weight excluding hydrogens is 280 g/mol. The van der Waals surface area contributed by atoms with Crippen LogP contribution in [-0.4, -0.2) is 53.3 Å². The van der Waals surface area contributed by atoms with Gasteiger partial charge in [0.2, 0.25) is 5.89 Å². The van der Waals surface area contributed by atoms with E-state index in [1.807, 2.05) is 13.8 Å². The van der Waals surface area contributed by atoms with E-state index in [0.29, 0.717) is 37.9 Å². The average molecular weight is 302 g/mol. The predicted octanol–water partition coefficient (Wildman–Crippen LogP) is 1.14. The molecule has 0 unspecified atom stereocenters. The van der Waals surface area contributed by atoms with Gasteiger partial charge in [0, 0.05) is 32.1 Å². The zero-order valence-electron chi connectivity index (χ0n) is 12.2. The Morgan fingerprint density at radius 1 is 1.30 bits per heavy atom. The minimum atomic E-state index is -3.32. The van der Waals surface area contributed by atoms with E-state index in [1.54, 1.807) is 11.2 Å². The highest BCUT2D eigenvalue weighted by atomic mass is 32.2. The normalized spacial score (nSPS) is 18.8. The molecule has 0 amide bonds. The van der Waals surface area contributed by atoms with Gasteiger partial charge >= 0.3 is 0 Å². The first-order chi connectivity index (χ1) is 9.48. The van der Waals surface area contributed by atoms with Gasteiger partial charge in [0.25, 0.3) is 10.2 Å². The fourth-order valence-electron chi connectivity index (χ4n) is 2.53. The number of nitrogens with zero attached hydrogens (tertiary/aromatic N) is 4. The fourth-order valence-corrected chi connectivity index (χ4v) is 4.18. The van der Waals surface area contributed by atoms with E-state index >= 15 is 0 Å². The molecule has 0 bridgehead atoms. The monoisotopic (exact) mass is 302 g/mol. The third kappa shape index (κ3) is 3.02. The zero-order valence-corrected chi connectivity index (χ0v) is 13.1. The summed E-state index contributed by atoms with van der Waals surface area (Å²) in [5.41, 5.74) is 0. The summed E-state index contributed by atoms with van der Waals surface area (Å²) in [7, 11) is -3.32. The van der Waals surface area contributed by atoms with Crippen molar-refractivity contribution in [2.45, 2.75) is 39.5 Å². The van der Waals surface area contributed by atoms with Crippen molar-refractivity contribution < 1.29 is 12.9 Å². The number of rotatable bonds is 5. The summed E-state index contributed by atoms with van der Waals surface area (Å²) in [6, 6.07) is 0. The van der Waals surface area contributed by atoms with Gasteiger partial charge in [0.1, 0.15) is 0 Å². The molecule has 114 valence electrons. The molecule has 0 N–H and O–H groups in total. The highest BCUT2D eigenvalue weighted by Gasteiger charge is 2.33. The van der Waals surface area contributed by atoms with E-state index in [1.165, 1.54) is 4.31 Å². The van der Waals surface area contributed by atoms with Gasteiger partial charge in [0.05, 0.1) is 0 Å². The van der Waals surface area contributed by atoms with E-state index in [0.717, 1.165) is 12.8 Å². The van der Waals surface area contributed by atoms with Crippen LogP contribution >= 0.6 is 0 Å². The van der Waals surface area contributed by atoms with Crippen molar-refractivity contribution in [2.24, 2.45) is 0 Å². The lowest BCUT2D eigenvalue weighted by Crippen LogP contribution is -2.46. The number of hydrogen-bond acceptors (Lipinski definition) is 5. The van der Waals surface area contributed by atoms with E-state index in [9.17, 15) is 8.42 Å². The zero-order chi connectivity index (χ0) is 14.8. The minimum Gasteiger partial charge on any atom is -0.339 e. The number of piperidine rings is 1. The molecular formula is C12H22N4O3S. The van der Waals surface area contributed by atoms with Gasteiger partial charge in [0.15, 0.2) is 5.82 Å². The summed E-state index contributed by atoms with van der Waals surface area (Å²) in [5, 5.41) is 3.79. The first-order valence-corrected chi connectivity index (χ1v) is 8.44. The van der Waals surface area contributed by atoms with Crippen LogP contribution in [0.2, 0.25) is 0 Å². The molecule has 1 saturated heterocycles. The maximum absolute atomic E-state index is 12.4. The molecule has 1 aliphatic heterocycles. The Morgan fingerprint density at radius 3 is 2.35 bits per heavy atom. The molecule has 0 aromatic carbocycles. The van der Waals surface area contributed by atoms with E-state index in [4.69, 9.17) is 4.52 Å². The number of hydrogen-bond donors (Lipinski definition) is 0. The highest BCUT2D eigenvalue weighted by Crippen LogP contribution is 2.28. The summed E-state index contributed by atoms with van der Waals surface area (Å²) in [4.78, 5) is 4.23. The maximum Gasteiger partial charge on any atom is 0.281 e. The van der Waals surface area contributed by atoms with Crippen LogP contribution in [0.15, 0.2) is 4.52 Å². The van der Waals surface area contributed by atoms with Crippen molar-refractivity contribution >= 4 is 10.2 Å². The molecule has 1 aliphatic rings. The fraction of sp³-hybridized carbons (Fsp3) is 0.833. The van der Waals surface area contributed by atoms with Crippen molar-refractivity contribution in [3.63, 3.8) is 0 Å². The Morgan fingerprint density at radius 2 is 1.90 bits per heavy atom. The van der Waals surface area contributed by atoms with E-state index in [2.05, 4.69) is 10.1 Å². The Balaban J connectivity index is 2.00. The first-order valence-electron chi connectivity index (χ1n) is 7.04. The van der Waals surface area contributed by atoms with Crippen molar-refractivity contribution in [2.75, 3.05) is 26.2 Å². The Labute approximate surface area is 120 Å². The van der Waals surface area contributed by atoms with Crippen LogP contribution in [0.4, 0.5) is 0 Å². The second-order valence-corrected chi connectivity index (χ2v) is 6.87. The lowest BCUT2D eigenvalue weighted by molar-refractivity contribution is 0.257. The van der Waals surface area contributed by atoms with Crippen LogP contribution in [0.25, 0.3) is 0 Å². The van der Waals surface area contributed by atoms with Crippen LogP contribution in [0.3, 0.4) is 0 Å². The molecule has 0 aliphatic carbocycles. The molecule has 1 fully saturated rings. The Kier molecular flexibility index (Phi) is 4.77. The van der Waals surface area contributed by atoms with Crippen LogP contribution in [0.1, 0.15) is 44.3 Å². The van der Waals surface area contributed by atoms with E-state index < -0.39 is 10.2 Å². The molecule has 1 aromatic rings. The second-order valence-electron chi connectivity index (χ2n) is 4.95. The topological polar surface area (TPSA) is 79.5 Å². The van der Waals surface area contributed by atoms with Crippen LogP contribution < -0.4 is 0 Å². The largest absolute Gasteiger partial charge is 0.339 e. The van der Waals surface area contributed by atoms with Gasteiger partial charge in [-0.05, 0) is 19.8 Å². The standard InChI is InChI=1S/C12H22N4O3S/c1-4-15(5-2)20(17,18)16-8-6-11(7-9-16)12-13-10(3)14-19-12/h11H,4-9H2,1-3H3. The summed E-state index contributed by atoms with van der Waals surface area (Å²) < 4.78 is 33.0. The molecule has 0 saturated carbocycles. The van der Waals surface area contributed by atoms with Gasteiger partial charge < -0.3 is 4.52 Å². The van der Waals surface area contributed by atoms with Crippen molar-refractivity contribution in [1.82, 2.24) is 18.8 Å². The Hall–Kier alpha value is -0.990. The minimum absolute atomic E-state index is 0.166. The van der Waals surface area contributed by atoms with Gasteiger partial charge in [-0.2, -0.15) is 22.0 Å². The third-order valence-corrected chi connectivity index (χ3v) is 5.89. The van der Waals surface area contributed by atoms with Crippen LogP contribution in [0, 0.1) is 6.92 Å². The predicted molar refractivity (Wildman–Crippen MR) is 74.4 cm³/mol. The highest BCUT2D eigenvalue weighted by molar-refractivity contribution is 7.86.